The summed E-state index contributed by atoms with van der Waals surface area (Å²) in [5, 5.41) is 12.9. The lowest BCUT2D eigenvalue weighted by Gasteiger charge is -2.22. The lowest BCUT2D eigenvalue weighted by molar-refractivity contribution is 0.0818. The highest BCUT2D eigenvalue weighted by Gasteiger charge is 2.24. The molecule has 2 N–H and O–H groups in total. The van der Waals surface area contributed by atoms with E-state index in [1.165, 1.54) is 0 Å². The van der Waals surface area contributed by atoms with Crippen molar-refractivity contribution in [3.05, 3.63) is 29.6 Å². The maximum atomic E-state index is 12.1. The second-order valence-electron chi connectivity index (χ2n) is 4.92. The molecule has 1 aliphatic carbocycles. The van der Waals surface area contributed by atoms with Gasteiger partial charge in [0.05, 0.1) is 17.7 Å². The van der Waals surface area contributed by atoms with Crippen LogP contribution in [-0.4, -0.2) is 28.1 Å². The zero-order valence-corrected chi connectivity index (χ0v) is 10.7. The fourth-order valence-electron chi connectivity index (χ4n) is 2.43. The number of pyridine rings is 1. The molecule has 98 valence electrons. The van der Waals surface area contributed by atoms with E-state index in [0.717, 1.165) is 37.8 Å². The van der Waals surface area contributed by atoms with E-state index in [1.54, 1.807) is 18.3 Å². The summed E-state index contributed by atoms with van der Waals surface area (Å²) in [6, 6.07) is 3.39. The van der Waals surface area contributed by atoms with Crippen molar-refractivity contribution in [2.45, 2.75) is 51.2 Å². The molecule has 0 saturated heterocycles. The number of aliphatic hydroxyl groups is 1. The highest BCUT2D eigenvalue weighted by Crippen LogP contribution is 2.18. The van der Waals surface area contributed by atoms with Crippen LogP contribution in [0.1, 0.15) is 48.2 Å². The van der Waals surface area contributed by atoms with E-state index >= 15 is 0 Å². The predicted octanol–water partition coefficient (Wildman–Crippen LogP) is 1.81. The van der Waals surface area contributed by atoms with Crippen molar-refractivity contribution in [1.29, 1.82) is 0 Å². The molecule has 1 amide bonds. The number of hydrogen-bond donors (Lipinski definition) is 2. The summed E-state index contributed by atoms with van der Waals surface area (Å²) < 4.78 is 0. The quantitative estimate of drug-likeness (QED) is 0.785. The first-order valence-electron chi connectivity index (χ1n) is 6.59. The van der Waals surface area contributed by atoms with Crippen molar-refractivity contribution in [2.24, 2.45) is 0 Å². The first-order chi connectivity index (χ1) is 8.68. The summed E-state index contributed by atoms with van der Waals surface area (Å²) in [5.41, 5.74) is 1.31. The molecule has 4 nitrogen and oxygen atoms in total. The molecular weight excluding hydrogens is 228 g/mol. The Morgan fingerprint density at radius 1 is 1.39 bits per heavy atom. The van der Waals surface area contributed by atoms with Gasteiger partial charge in [0.15, 0.2) is 0 Å². The minimum atomic E-state index is -0.423. The number of aliphatic hydroxyl groups excluding tert-OH is 1. The van der Waals surface area contributed by atoms with Gasteiger partial charge in [-0.2, -0.15) is 0 Å². The van der Waals surface area contributed by atoms with Crippen LogP contribution in [0.4, 0.5) is 0 Å². The largest absolute Gasteiger partial charge is 0.391 e. The molecule has 2 atom stereocenters. The Kier molecular flexibility index (Phi) is 4.31. The van der Waals surface area contributed by atoms with Crippen LogP contribution in [0, 0.1) is 6.92 Å². The third-order valence-electron chi connectivity index (χ3n) is 3.55. The highest BCUT2D eigenvalue weighted by atomic mass is 16.3. The Morgan fingerprint density at radius 2 is 2.17 bits per heavy atom. The minimum absolute atomic E-state index is 0.125. The first kappa shape index (κ1) is 13.0. The number of carbonyl (C=O) groups excluding carboxylic acids is 1. The molecular formula is C14H20N2O2. The Morgan fingerprint density at radius 3 is 2.94 bits per heavy atom. The number of amides is 1. The van der Waals surface area contributed by atoms with Crippen LogP contribution in [0.25, 0.3) is 0 Å². The fourth-order valence-corrected chi connectivity index (χ4v) is 2.43. The third kappa shape index (κ3) is 3.07. The van der Waals surface area contributed by atoms with Gasteiger partial charge in [0.1, 0.15) is 0 Å². The van der Waals surface area contributed by atoms with Crippen molar-refractivity contribution in [1.82, 2.24) is 10.3 Å². The average Bonchev–Trinajstić information content (AvgIpc) is 2.55. The molecule has 1 aliphatic rings. The van der Waals surface area contributed by atoms with Gasteiger partial charge in [0.25, 0.3) is 5.91 Å². The van der Waals surface area contributed by atoms with E-state index in [9.17, 15) is 9.90 Å². The molecule has 0 aromatic carbocycles. The topological polar surface area (TPSA) is 62.2 Å². The highest BCUT2D eigenvalue weighted by molar-refractivity contribution is 5.95. The molecule has 18 heavy (non-hydrogen) atoms. The fraction of sp³-hybridized carbons (Fsp3) is 0.571. The number of aryl methyl sites for hydroxylation is 1. The smallest absolute Gasteiger partial charge is 0.253 e. The Bertz CT molecular complexity index is 420. The van der Waals surface area contributed by atoms with Crippen LogP contribution in [-0.2, 0) is 0 Å². The molecule has 0 aliphatic heterocycles. The molecule has 1 saturated carbocycles. The number of rotatable bonds is 2. The van der Waals surface area contributed by atoms with Crippen LogP contribution in [0.2, 0.25) is 0 Å². The lowest BCUT2D eigenvalue weighted by Crippen LogP contribution is -2.42. The maximum absolute atomic E-state index is 12.1. The molecule has 1 heterocycles. The summed E-state index contributed by atoms with van der Waals surface area (Å²) in [6.07, 6.45) is 6.12. The lowest BCUT2D eigenvalue weighted by atomic mass is 10.1. The van der Waals surface area contributed by atoms with Gasteiger partial charge in [-0.1, -0.05) is 19.3 Å². The van der Waals surface area contributed by atoms with Gasteiger partial charge >= 0.3 is 0 Å². The molecule has 2 unspecified atom stereocenters. The molecule has 0 radical (unpaired) electrons. The van der Waals surface area contributed by atoms with Gasteiger partial charge in [-0.3, -0.25) is 9.78 Å². The zero-order chi connectivity index (χ0) is 13.0. The SMILES string of the molecule is Cc1ncccc1C(=O)NC1CCCCCC1O. The summed E-state index contributed by atoms with van der Waals surface area (Å²) >= 11 is 0. The number of hydrogen-bond acceptors (Lipinski definition) is 3. The Balaban J connectivity index is 2.04. The Hall–Kier alpha value is -1.42. The van der Waals surface area contributed by atoms with Crippen LogP contribution >= 0.6 is 0 Å². The van der Waals surface area contributed by atoms with Gasteiger partial charge in [0.2, 0.25) is 0 Å². The second-order valence-corrected chi connectivity index (χ2v) is 4.92. The van der Waals surface area contributed by atoms with Crippen LogP contribution < -0.4 is 5.32 Å². The summed E-state index contributed by atoms with van der Waals surface area (Å²) in [5.74, 6) is -0.133. The average molecular weight is 248 g/mol. The number of nitrogens with zero attached hydrogens (tertiary/aromatic N) is 1. The van der Waals surface area contributed by atoms with Gasteiger partial charge in [-0.25, -0.2) is 0 Å². The maximum Gasteiger partial charge on any atom is 0.253 e. The van der Waals surface area contributed by atoms with Gasteiger partial charge < -0.3 is 10.4 Å². The molecule has 0 bridgehead atoms. The van der Waals surface area contributed by atoms with Crippen LogP contribution in [0.5, 0.6) is 0 Å². The molecule has 4 heteroatoms. The van der Waals surface area contributed by atoms with E-state index in [2.05, 4.69) is 10.3 Å². The molecule has 2 rings (SSSR count). The second kappa shape index (κ2) is 5.96. The van der Waals surface area contributed by atoms with Crippen LogP contribution in [0.3, 0.4) is 0 Å². The summed E-state index contributed by atoms with van der Waals surface area (Å²) in [7, 11) is 0. The summed E-state index contributed by atoms with van der Waals surface area (Å²) in [6.45, 7) is 1.82. The van der Waals surface area contributed by atoms with E-state index in [4.69, 9.17) is 0 Å². The van der Waals surface area contributed by atoms with Crippen molar-refractivity contribution in [2.75, 3.05) is 0 Å². The number of carbonyl (C=O) groups is 1. The molecule has 1 aromatic rings. The number of aromatic nitrogens is 1. The van der Waals surface area contributed by atoms with Crippen molar-refractivity contribution >= 4 is 5.91 Å². The van der Waals surface area contributed by atoms with Crippen LogP contribution in [0.15, 0.2) is 18.3 Å². The van der Waals surface area contributed by atoms with Gasteiger partial charge in [-0.05, 0) is 31.9 Å². The standard InChI is InChI=1S/C14H20N2O2/c1-10-11(6-5-9-15-10)14(18)16-12-7-3-2-4-8-13(12)17/h5-6,9,12-13,17H,2-4,7-8H2,1H3,(H,16,18). The molecule has 1 aromatic heterocycles. The molecule has 1 fully saturated rings. The van der Waals surface area contributed by atoms with Crippen molar-refractivity contribution in [3.63, 3.8) is 0 Å². The van der Waals surface area contributed by atoms with E-state index < -0.39 is 6.10 Å². The van der Waals surface area contributed by atoms with E-state index in [1.807, 2.05) is 6.92 Å². The van der Waals surface area contributed by atoms with E-state index in [-0.39, 0.29) is 11.9 Å². The third-order valence-corrected chi connectivity index (χ3v) is 3.55. The predicted molar refractivity (Wildman–Crippen MR) is 69.3 cm³/mol. The summed E-state index contributed by atoms with van der Waals surface area (Å²) in [4.78, 5) is 16.2. The minimum Gasteiger partial charge on any atom is -0.391 e. The van der Waals surface area contributed by atoms with Gasteiger partial charge in [0, 0.05) is 11.9 Å². The zero-order valence-electron chi connectivity index (χ0n) is 10.7. The van der Waals surface area contributed by atoms with Gasteiger partial charge in [-0.15, -0.1) is 0 Å². The first-order valence-corrected chi connectivity index (χ1v) is 6.59. The molecule has 0 spiro atoms. The Labute approximate surface area is 107 Å². The van der Waals surface area contributed by atoms with Crippen molar-refractivity contribution < 1.29 is 9.90 Å². The normalized spacial score (nSPS) is 24.3. The number of nitrogens with one attached hydrogen (secondary N) is 1. The monoisotopic (exact) mass is 248 g/mol. The van der Waals surface area contributed by atoms with E-state index in [0.29, 0.717) is 5.56 Å². The van der Waals surface area contributed by atoms with Crippen molar-refractivity contribution in [3.8, 4) is 0 Å².